The van der Waals surface area contributed by atoms with Crippen molar-refractivity contribution in [3.8, 4) is 0 Å². The van der Waals surface area contributed by atoms with Gasteiger partial charge in [-0.05, 0) is 19.8 Å². The lowest BCUT2D eigenvalue weighted by molar-refractivity contribution is 0.292. The van der Waals surface area contributed by atoms with Crippen molar-refractivity contribution >= 4 is 11.6 Å². The molecule has 0 unspecified atom stereocenters. The zero-order chi connectivity index (χ0) is 12.5. The molecule has 0 aliphatic carbocycles. The van der Waals surface area contributed by atoms with Crippen LogP contribution in [0.15, 0.2) is 6.07 Å². The number of hydrogen-bond acceptors (Lipinski definition) is 5. The number of aliphatic hydroxyl groups excluding tert-OH is 1. The first kappa shape index (κ1) is 13.7. The van der Waals surface area contributed by atoms with E-state index in [0.29, 0.717) is 0 Å². The lowest BCUT2D eigenvalue weighted by Crippen LogP contribution is -2.09. The highest BCUT2D eigenvalue weighted by atomic mass is 16.3. The molecular formula is C12H22N4O. The lowest BCUT2D eigenvalue weighted by Gasteiger charge is -2.09. The van der Waals surface area contributed by atoms with Gasteiger partial charge in [-0.1, -0.05) is 6.92 Å². The molecule has 1 aromatic rings. The van der Waals surface area contributed by atoms with Crippen LogP contribution < -0.4 is 10.6 Å². The molecule has 1 heterocycles. The van der Waals surface area contributed by atoms with Crippen LogP contribution in [0.5, 0.6) is 0 Å². The van der Waals surface area contributed by atoms with Crippen molar-refractivity contribution in [1.29, 1.82) is 0 Å². The molecule has 0 aromatic carbocycles. The molecule has 5 heteroatoms. The van der Waals surface area contributed by atoms with E-state index in [1.54, 1.807) is 0 Å². The normalized spacial score (nSPS) is 10.3. The number of nitrogens with one attached hydrogen (secondary N) is 2. The van der Waals surface area contributed by atoms with Gasteiger partial charge < -0.3 is 15.7 Å². The molecule has 0 radical (unpaired) electrons. The highest BCUT2D eigenvalue weighted by Crippen LogP contribution is 2.12. The molecule has 0 saturated heterocycles. The quantitative estimate of drug-likeness (QED) is 0.601. The van der Waals surface area contributed by atoms with E-state index in [2.05, 4.69) is 27.5 Å². The molecule has 3 N–H and O–H groups in total. The lowest BCUT2D eigenvalue weighted by atomic mass is 10.3. The molecule has 0 aliphatic rings. The standard InChI is InChI=1S/C12H22N4O/c1-3-6-10-15-11(13-4-2)9-12(16-10)14-7-5-8-17/h9,17H,3-8H2,1-2H3,(H2,13,14,15,16). The van der Waals surface area contributed by atoms with Crippen LogP contribution in [0.25, 0.3) is 0 Å². The summed E-state index contributed by atoms with van der Waals surface area (Å²) >= 11 is 0. The summed E-state index contributed by atoms with van der Waals surface area (Å²) in [4.78, 5) is 8.86. The van der Waals surface area contributed by atoms with Crippen LogP contribution in [0.1, 0.15) is 32.5 Å². The number of anilines is 2. The number of aromatic nitrogens is 2. The molecule has 1 aromatic heterocycles. The molecule has 0 bridgehead atoms. The molecule has 0 atom stereocenters. The molecule has 0 fully saturated rings. The van der Waals surface area contributed by atoms with Gasteiger partial charge in [0.1, 0.15) is 17.5 Å². The van der Waals surface area contributed by atoms with E-state index in [9.17, 15) is 0 Å². The molecule has 17 heavy (non-hydrogen) atoms. The van der Waals surface area contributed by atoms with Gasteiger partial charge in [0.2, 0.25) is 0 Å². The Hall–Kier alpha value is -1.36. The number of nitrogens with zero attached hydrogens (tertiary/aromatic N) is 2. The van der Waals surface area contributed by atoms with E-state index in [1.165, 1.54) is 0 Å². The Balaban J connectivity index is 2.72. The summed E-state index contributed by atoms with van der Waals surface area (Å²) in [7, 11) is 0. The summed E-state index contributed by atoms with van der Waals surface area (Å²) in [5.41, 5.74) is 0. The fourth-order valence-corrected chi connectivity index (χ4v) is 1.49. The predicted molar refractivity (Wildman–Crippen MR) is 70.4 cm³/mol. The topological polar surface area (TPSA) is 70.1 Å². The Morgan fingerprint density at radius 1 is 1.18 bits per heavy atom. The fourth-order valence-electron chi connectivity index (χ4n) is 1.49. The van der Waals surface area contributed by atoms with Gasteiger partial charge in [0.25, 0.3) is 0 Å². The first-order valence-electron chi connectivity index (χ1n) is 6.26. The molecule has 5 nitrogen and oxygen atoms in total. The average Bonchev–Trinajstić information content (AvgIpc) is 2.30. The van der Waals surface area contributed by atoms with Crippen LogP contribution in [0.4, 0.5) is 11.6 Å². The van der Waals surface area contributed by atoms with Gasteiger partial charge in [-0.2, -0.15) is 0 Å². The Morgan fingerprint density at radius 2 is 1.88 bits per heavy atom. The van der Waals surface area contributed by atoms with E-state index in [4.69, 9.17) is 5.11 Å². The maximum Gasteiger partial charge on any atom is 0.133 e. The summed E-state index contributed by atoms with van der Waals surface area (Å²) in [6.07, 6.45) is 2.64. The Kier molecular flexibility index (Phi) is 6.32. The number of aliphatic hydroxyl groups is 1. The molecule has 1 rings (SSSR count). The summed E-state index contributed by atoms with van der Waals surface area (Å²) in [5, 5.41) is 15.1. The van der Waals surface area contributed by atoms with Gasteiger partial charge in [0.05, 0.1) is 0 Å². The Morgan fingerprint density at radius 3 is 2.47 bits per heavy atom. The van der Waals surface area contributed by atoms with E-state index >= 15 is 0 Å². The van der Waals surface area contributed by atoms with Gasteiger partial charge in [0.15, 0.2) is 0 Å². The number of rotatable bonds is 8. The van der Waals surface area contributed by atoms with Crippen molar-refractivity contribution in [3.05, 3.63) is 11.9 Å². The first-order valence-corrected chi connectivity index (χ1v) is 6.26. The van der Waals surface area contributed by atoms with Crippen LogP contribution in [-0.4, -0.2) is 34.8 Å². The largest absolute Gasteiger partial charge is 0.396 e. The second-order valence-corrected chi connectivity index (χ2v) is 3.84. The number of hydrogen-bond donors (Lipinski definition) is 3. The molecule has 96 valence electrons. The van der Waals surface area contributed by atoms with Gasteiger partial charge in [-0.3, -0.25) is 0 Å². The van der Waals surface area contributed by atoms with Crippen molar-refractivity contribution in [2.45, 2.75) is 33.1 Å². The Labute approximate surface area is 103 Å². The minimum atomic E-state index is 0.194. The van der Waals surface area contributed by atoms with Crippen LogP contribution in [0.2, 0.25) is 0 Å². The molecule has 0 spiro atoms. The van der Waals surface area contributed by atoms with E-state index in [-0.39, 0.29) is 6.61 Å². The molecular weight excluding hydrogens is 216 g/mol. The highest BCUT2D eigenvalue weighted by Gasteiger charge is 2.03. The molecule has 0 aliphatic heterocycles. The second kappa shape index (κ2) is 7.84. The zero-order valence-electron chi connectivity index (χ0n) is 10.7. The summed E-state index contributed by atoms with van der Waals surface area (Å²) < 4.78 is 0. The predicted octanol–water partition coefficient (Wildman–Crippen LogP) is 1.66. The van der Waals surface area contributed by atoms with Crippen LogP contribution in [0.3, 0.4) is 0 Å². The van der Waals surface area contributed by atoms with E-state index in [0.717, 1.165) is 49.8 Å². The Bertz CT molecular complexity index is 306. The second-order valence-electron chi connectivity index (χ2n) is 3.84. The third-order valence-corrected chi connectivity index (χ3v) is 2.24. The average molecular weight is 238 g/mol. The SMILES string of the molecule is CCCc1nc(NCC)cc(NCCCO)n1. The van der Waals surface area contributed by atoms with Crippen LogP contribution in [0, 0.1) is 0 Å². The summed E-state index contributed by atoms with van der Waals surface area (Å²) in [6.45, 7) is 5.92. The monoisotopic (exact) mass is 238 g/mol. The molecule has 0 amide bonds. The first-order chi connectivity index (χ1) is 8.30. The van der Waals surface area contributed by atoms with Crippen molar-refractivity contribution in [2.75, 3.05) is 30.3 Å². The zero-order valence-corrected chi connectivity index (χ0v) is 10.7. The highest BCUT2D eigenvalue weighted by molar-refractivity contribution is 5.47. The summed E-state index contributed by atoms with van der Waals surface area (Å²) in [6, 6.07) is 1.90. The minimum Gasteiger partial charge on any atom is -0.396 e. The van der Waals surface area contributed by atoms with Crippen molar-refractivity contribution < 1.29 is 5.11 Å². The van der Waals surface area contributed by atoms with Crippen molar-refractivity contribution in [2.24, 2.45) is 0 Å². The van der Waals surface area contributed by atoms with Crippen LogP contribution in [-0.2, 0) is 6.42 Å². The molecule has 0 saturated carbocycles. The smallest absolute Gasteiger partial charge is 0.133 e. The van der Waals surface area contributed by atoms with Crippen LogP contribution >= 0.6 is 0 Å². The maximum absolute atomic E-state index is 8.74. The van der Waals surface area contributed by atoms with Crippen molar-refractivity contribution in [1.82, 2.24) is 9.97 Å². The third-order valence-electron chi connectivity index (χ3n) is 2.24. The maximum atomic E-state index is 8.74. The van der Waals surface area contributed by atoms with Crippen molar-refractivity contribution in [3.63, 3.8) is 0 Å². The van der Waals surface area contributed by atoms with Gasteiger partial charge in [-0.15, -0.1) is 0 Å². The minimum absolute atomic E-state index is 0.194. The van der Waals surface area contributed by atoms with Gasteiger partial charge in [-0.25, -0.2) is 9.97 Å². The van der Waals surface area contributed by atoms with E-state index < -0.39 is 0 Å². The van der Waals surface area contributed by atoms with Gasteiger partial charge in [0, 0.05) is 32.2 Å². The summed E-state index contributed by atoms with van der Waals surface area (Å²) in [5.74, 6) is 2.54. The third kappa shape index (κ3) is 4.99. The number of aryl methyl sites for hydroxylation is 1. The fraction of sp³-hybridized carbons (Fsp3) is 0.667. The van der Waals surface area contributed by atoms with Gasteiger partial charge >= 0.3 is 0 Å². The van der Waals surface area contributed by atoms with E-state index in [1.807, 2.05) is 13.0 Å².